The minimum Gasteiger partial charge on any atom is -0.459 e. The van der Waals surface area contributed by atoms with Crippen LogP contribution in [0.1, 0.15) is 67.6 Å². The van der Waals surface area contributed by atoms with Crippen molar-refractivity contribution in [1.82, 2.24) is 4.90 Å². The van der Waals surface area contributed by atoms with E-state index in [4.69, 9.17) is 38.4 Å². The Balaban J connectivity index is 1.20. The number of aliphatic hydroxyl groups is 2. The maximum atomic E-state index is 14.5. The van der Waals surface area contributed by atoms with Crippen LogP contribution in [0, 0.1) is 27.9 Å². The molecule has 2 aliphatic heterocycles. The van der Waals surface area contributed by atoms with Crippen molar-refractivity contribution in [3.8, 4) is 39.9 Å². The summed E-state index contributed by atoms with van der Waals surface area (Å²) in [4.78, 5) is 33.3. The molecule has 15 nitrogen and oxygen atoms in total. The molecule has 0 saturated heterocycles. The molecule has 1 amide bonds. The van der Waals surface area contributed by atoms with Gasteiger partial charge in [-0.05, 0) is 120 Å². The van der Waals surface area contributed by atoms with Crippen LogP contribution in [0.25, 0.3) is 11.1 Å². The molecule has 1 saturated carbocycles. The first-order valence-electron chi connectivity index (χ1n) is 24.2. The number of fused-ring (bicyclic) bond motifs is 3. The van der Waals surface area contributed by atoms with Crippen LogP contribution >= 0.6 is 0 Å². The third-order valence-corrected chi connectivity index (χ3v) is 14.0. The van der Waals surface area contributed by atoms with Gasteiger partial charge in [-0.25, -0.2) is 4.79 Å². The Morgan fingerprint density at radius 3 is 2.30 bits per heavy atom. The van der Waals surface area contributed by atoms with Crippen LogP contribution in [0.5, 0.6) is 28.7 Å². The lowest BCUT2D eigenvalue weighted by Crippen LogP contribution is -2.70. The highest BCUT2D eigenvalue weighted by Crippen LogP contribution is 2.62. The SMILES string of the molecule is C=CCOC12Oc3ccc(Oc4ccc(-c5ccccc5)cc4)cc3C3C(CCCCO)C(CCCCO)C=C(C(=NOCc4ccc([N+](=O)[O-])cc4)CC1N(Cc1ccc4c(c1)OCO4)C(=O)OC)C32. The van der Waals surface area contributed by atoms with Crippen LogP contribution in [-0.4, -0.2) is 77.4 Å². The first-order valence-corrected chi connectivity index (χ1v) is 24.2. The number of nitrogens with zero attached hydrogens (tertiary/aromatic N) is 3. The number of non-ortho nitro benzene ring substituents is 1. The van der Waals surface area contributed by atoms with E-state index in [1.807, 2.05) is 78.9 Å². The maximum Gasteiger partial charge on any atom is 0.410 e. The molecule has 1 fully saturated rings. The van der Waals surface area contributed by atoms with Crippen LogP contribution < -0.4 is 18.9 Å². The molecule has 0 spiro atoms. The molecule has 2 aliphatic carbocycles. The smallest absolute Gasteiger partial charge is 0.410 e. The highest BCUT2D eigenvalue weighted by molar-refractivity contribution is 6.03. The van der Waals surface area contributed by atoms with Gasteiger partial charge in [-0.2, -0.15) is 0 Å². The zero-order valence-electron chi connectivity index (χ0n) is 39.7. The third-order valence-electron chi connectivity index (χ3n) is 14.0. The number of oxime groups is 1. The molecule has 9 rings (SSSR count). The van der Waals surface area contributed by atoms with Gasteiger partial charge in [-0.1, -0.05) is 78.7 Å². The van der Waals surface area contributed by atoms with Gasteiger partial charge in [-0.3, -0.25) is 15.0 Å². The molecule has 0 aromatic heterocycles. The number of nitro groups is 1. The summed E-state index contributed by atoms with van der Waals surface area (Å²) in [6, 6.07) is 34.7. The van der Waals surface area contributed by atoms with Crippen LogP contribution in [0.2, 0.25) is 0 Å². The van der Waals surface area contributed by atoms with Crippen molar-refractivity contribution < 1.29 is 53.2 Å². The third kappa shape index (κ3) is 10.5. The second-order valence-electron chi connectivity index (χ2n) is 18.2. The number of rotatable bonds is 21. The van der Waals surface area contributed by atoms with Gasteiger partial charge >= 0.3 is 6.09 Å². The van der Waals surface area contributed by atoms with Crippen molar-refractivity contribution in [3.05, 3.63) is 166 Å². The number of hydrogen-bond donors (Lipinski definition) is 2. The molecule has 6 atom stereocenters. The van der Waals surface area contributed by atoms with Gasteiger partial charge in [0.25, 0.3) is 5.69 Å². The minimum absolute atomic E-state index is 0.0135. The number of carbonyl (C=O) groups is 1. The van der Waals surface area contributed by atoms with Gasteiger partial charge < -0.3 is 43.5 Å². The zero-order chi connectivity index (χ0) is 49.3. The van der Waals surface area contributed by atoms with E-state index >= 15 is 0 Å². The van der Waals surface area contributed by atoms with Gasteiger partial charge in [0.15, 0.2) is 11.5 Å². The van der Waals surface area contributed by atoms with E-state index in [-0.39, 0.29) is 69.6 Å². The summed E-state index contributed by atoms with van der Waals surface area (Å²) < 4.78 is 38.1. The average molecular weight is 966 g/mol. The first kappa shape index (κ1) is 48.8. The highest BCUT2D eigenvalue weighted by Gasteiger charge is 2.65. The van der Waals surface area contributed by atoms with Crippen molar-refractivity contribution in [2.75, 3.05) is 33.7 Å². The Bertz CT molecular complexity index is 2730. The molecule has 370 valence electrons. The Labute approximate surface area is 413 Å². The van der Waals surface area contributed by atoms with E-state index in [0.29, 0.717) is 52.9 Å². The molecular formula is C56H59N3O12. The lowest BCUT2D eigenvalue weighted by molar-refractivity contribution is -0.384. The zero-order valence-corrected chi connectivity index (χ0v) is 39.7. The number of hydrogen-bond acceptors (Lipinski definition) is 13. The van der Waals surface area contributed by atoms with Crippen molar-refractivity contribution in [2.45, 2.75) is 75.8 Å². The summed E-state index contributed by atoms with van der Waals surface area (Å²) >= 11 is 0. The predicted molar refractivity (Wildman–Crippen MR) is 265 cm³/mol. The molecule has 0 radical (unpaired) electrons. The molecule has 5 aromatic rings. The van der Waals surface area contributed by atoms with E-state index in [2.05, 4.69) is 24.8 Å². The largest absolute Gasteiger partial charge is 0.459 e. The fourth-order valence-corrected chi connectivity index (χ4v) is 10.7. The van der Waals surface area contributed by atoms with Crippen LogP contribution in [0.3, 0.4) is 0 Å². The van der Waals surface area contributed by atoms with Crippen molar-refractivity contribution in [2.24, 2.45) is 22.9 Å². The number of benzene rings is 5. The number of amides is 1. The molecule has 71 heavy (non-hydrogen) atoms. The molecule has 4 aliphatic rings. The molecule has 0 bridgehead atoms. The van der Waals surface area contributed by atoms with Gasteiger partial charge in [-0.15, -0.1) is 6.58 Å². The van der Waals surface area contributed by atoms with Crippen LogP contribution in [-0.2, 0) is 27.5 Å². The van der Waals surface area contributed by atoms with Gasteiger partial charge in [0.05, 0.1) is 30.3 Å². The van der Waals surface area contributed by atoms with Crippen molar-refractivity contribution >= 4 is 17.5 Å². The summed E-state index contributed by atoms with van der Waals surface area (Å²) in [6.07, 6.45) is 7.65. The lowest BCUT2D eigenvalue weighted by atomic mass is 9.55. The Hall–Kier alpha value is -7.20. The first-order chi connectivity index (χ1) is 34.7. The normalized spacial score (nSPS) is 22.0. The summed E-state index contributed by atoms with van der Waals surface area (Å²) in [7, 11) is 1.34. The predicted octanol–water partition coefficient (Wildman–Crippen LogP) is 10.9. The lowest BCUT2D eigenvalue weighted by Gasteiger charge is -2.59. The molecule has 2 heterocycles. The van der Waals surface area contributed by atoms with E-state index in [1.54, 1.807) is 23.1 Å². The number of allylic oxidation sites excluding steroid dienone is 1. The summed E-state index contributed by atoms with van der Waals surface area (Å²) in [5.74, 6) is 0.449. The maximum absolute atomic E-state index is 14.5. The van der Waals surface area contributed by atoms with Crippen molar-refractivity contribution in [1.29, 1.82) is 0 Å². The van der Waals surface area contributed by atoms with E-state index in [9.17, 15) is 25.1 Å². The molecular weight excluding hydrogens is 907 g/mol. The van der Waals surface area contributed by atoms with Crippen LogP contribution in [0.15, 0.2) is 145 Å². The van der Waals surface area contributed by atoms with E-state index < -0.39 is 28.8 Å². The summed E-state index contributed by atoms with van der Waals surface area (Å²) in [5.41, 5.74) is 5.85. The number of carbonyl (C=O) groups excluding carboxylic acids is 1. The van der Waals surface area contributed by atoms with E-state index in [1.165, 1.54) is 19.2 Å². The number of unbranched alkanes of at least 4 members (excludes halogenated alkanes) is 2. The average Bonchev–Trinajstić information content (AvgIpc) is 3.87. The van der Waals surface area contributed by atoms with Crippen LogP contribution in [0.4, 0.5) is 10.5 Å². The fourth-order valence-electron chi connectivity index (χ4n) is 10.7. The molecule has 5 aromatic carbocycles. The van der Waals surface area contributed by atoms with Gasteiger partial charge in [0, 0.05) is 49.8 Å². The number of nitro benzene ring substituents is 1. The highest BCUT2D eigenvalue weighted by atomic mass is 16.7. The molecule has 2 N–H and O–H groups in total. The number of methoxy groups -OCH3 is 1. The Morgan fingerprint density at radius 1 is 0.859 bits per heavy atom. The second kappa shape index (κ2) is 22.3. The van der Waals surface area contributed by atoms with Gasteiger partial charge in [0.2, 0.25) is 12.6 Å². The van der Waals surface area contributed by atoms with Gasteiger partial charge in [0.1, 0.15) is 29.9 Å². The topological polar surface area (TPSA) is 181 Å². The Morgan fingerprint density at radius 2 is 1.56 bits per heavy atom. The quantitative estimate of drug-likeness (QED) is 0.0308. The van der Waals surface area contributed by atoms with E-state index in [0.717, 1.165) is 53.5 Å². The number of ether oxygens (including phenoxy) is 6. The summed E-state index contributed by atoms with van der Waals surface area (Å²) in [5, 5.41) is 36.4. The molecule has 6 unspecified atom stereocenters. The number of aliphatic hydroxyl groups excluding tert-OH is 2. The fraction of sp³-hybridized carbons (Fsp3) is 0.357. The van der Waals surface area contributed by atoms with Crippen molar-refractivity contribution in [3.63, 3.8) is 0 Å². The monoisotopic (exact) mass is 965 g/mol. The standard InChI is InChI=1S/C56H59N3O12/c1-3-29-68-56-52(58(55(62)65-2)34-38-17-25-50-51(30-38)67-36-66-50)33-48(57-69-35-37-15-20-42(21-16-37)59(63)64)46-31-41(13-7-9-27-60)45(14-8-10-28-61)53(54(46)56)47-32-44(24-26-49(47)71-56)70-43-22-18-40(19-23-43)39-11-5-4-6-12-39/h3-6,11-12,15-26,30-32,41,45,52-54,60-61H,1,7-10,13-14,27-29,33-36H2,2H3. The summed E-state index contributed by atoms with van der Waals surface area (Å²) in [6.45, 7) is 4.38. The second-order valence-corrected chi connectivity index (χ2v) is 18.2. The molecule has 15 heteroatoms. The Kier molecular flexibility index (Phi) is 15.3. The minimum atomic E-state index is -1.56.